The second-order valence-corrected chi connectivity index (χ2v) is 7.71. The number of rotatable bonds is 2. The Hall–Kier alpha value is 0.1000. The van der Waals surface area contributed by atoms with Crippen molar-refractivity contribution in [1.29, 1.82) is 0 Å². The van der Waals surface area contributed by atoms with E-state index in [1.807, 2.05) is 0 Å². The summed E-state index contributed by atoms with van der Waals surface area (Å²) in [4.78, 5) is 0. The Bertz CT molecular complexity index is 316. The molecule has 0 bridgehead atoms. The molecule has 0 aliphatic carbocycles. The van der Waals surface area contributed by atoms with Crippen LogP contribution in [0.2, 0.25) is 0 Å². The summed E-state index contributed by atoms with van der Waals surface area (Å²) < 4.78 is 42.8. The van der Waals surface area contributed by atoms with Crippen LogP contribution < -0.4 is 0 Å². The molecule has 78 valence electrons. The fourth-order valence-corrected chi connectivity index (χ4v) is 3.24. The van der Waals surface area contributed by atoms with Crippen molar-refractivity contribution in [3.63, 3.8) is 0 Å². The molecule has 1 saturated heterocycles. The van der Waals surface area contributed by atoms with Gasteiger partial charge >= 0.3 is 0 Å². The molecule has 0 spiro atoms. The molecular formula is C6H13O5PS. The minimum atomic E-state index is -3.45. The number of hydrogen-bond acceptors (Lipinski definition) is 5. The van der Waals surface area contributed by atoms with Crippen molar-refractivity contribution in [1.82, 2.24) is 0 Å². The van der Waals surface area contributed by atoms with Crippen LogP contribution in [0.1, 0.15) is 6.42 Å². The summed E-state index contributed by atoms with van der Waals surface area (Å²) in [6, 6.07) is 0. The van der Waals surface area contributed by atoms with Crippen molar-refractivity contribution in [3.8, 4) is 0 Å². The van der Waals surface area contributed by atoms with Crippen molar-refractivity contribution in [2.75, 3.05) is 25.7 Å². The van der Waals surface area contributed by atoms with Crippen LogP contribution in [0.3, 0.4) is 0 Å². The van der Waals surface area contributed by atoms with Crippen molar-refractivity contribution in [2.24, 2.45) is 0 Å². The Balaban J connectivity index is 2.59. The quantitative estimate of drug-likeness (QED) is 0.513. The van der Waals surface area contributed by atoms with Gasteiger partial charge in [-0.25, -0.2) is 0 Å². The maximum absolute atomic E-state index is 11.2. The van der Waals surface area contributed by atoms with Crippen molar-refractivity contribution >= 4 is 17.5 Å². The van der Waals surface area contributed by atoms with Gasteiger partial charge in [0.05, 0.1) is 12.7 Å². The Morgan fingerprint density at radius 2 is 2.08 bits per heavy atom. The van der Waals surface area contributed by atoms with Gasteiger partial charge in [0.15, 0.2) is 7.37 Å². The van der Waals surface area contributed by atoms with Crippen molar-refractivity contribution in [3.05, 3.63) is 0 Å². The standard InChI is InChI=1S/C6H13O5PS/c1-12(2,7)11-6-3-4-10-13(8,9)5-6/h6H,3-5H2,1-2H3. The lowest BCUT2D eigenvalue weighted by molar-refractivity contribution is 0.162. The van der Waals surface area contributed by atoms with Gasteiger partial charge in [0.2, 0.25) is 0 Å². The lowest BCUT2D eigenvalue weighted by atomic mass is 10.3. The molecule has 5 nitrogen and oxygen atoms in total. The minimum absolute atomic E-state index is 0.118. The van der Waals surface area contributed by atoms with Crippen LogP contribution in [0.5, 0.6) is 0 Å². The third kappa shape index (κ3) is 4.22. The fraction of sp³-hybridized carbons (Fsp3) is 1.00. The normalized spacial score (nSPS) is 28.6. The third-order valence-electron chi connectivity index (χ3n) is 1.50. The summed E-state index contributed by atoms with van der Waals surface area (Å²) in [5.74, 6) is -0.196. The monoisotopic (exact) mass is 228 g/mol. The highest BCUT2D eigenvalue weighted by Gasteiger charge is 2.29. The average Bonchev–Trinajstić information content (AvgIpc) is 1.79. The molecule has 0 aromatic rings. The molecule has 7 heteroatoms. The second-order valence-electron chi connectivity index (χ2n) is 3.31. The first-order chi connectivity index (χ1) is 5.79. The van der Waals surface area contributed by atoms with E-state index >= 15 is 0 Å². The van der Waals surface area contributed by atoms with E-state index < -0.39 is 23.6 Å². The van der Waals surface area contributed by atoms with Crippen molar-refractivity contribution in [2.45, 2.75) is 12.5 Å². The van der Waals surface area contributed by atoms with Crippen LogP contribution in [0, 0.1) is 0 Å². The zero-order valence-corrected chi connectivity index (χ0v) is 9.31. The summed E-state index contributed by atoms with van der Waals surface area (Å²) in [6.45, 7) is 3.05. The second kappa shape index (κ2) is 3.69. The third-order valence-corrected chi connectivity index (χ3v) is 3.61. The Morgan fingerprint density at radius 1 is 1.46 bits per heavy atom. The average molecular weight is 228 g/mol. The summed E-state index contributed by atoms with van der Waals surface area (Å²) >= 11 is 0. The van der Waals surface area contributed by atoms with Gasteiger partial charge in [-0.15, -0.1) is 0 Å². The minimum Gasteiger partial charge on any atom is -0.324 e. The molecule has 1 atom stereocenters. The molecule has 0 radical (unpaired) electrons. The lowest BCUT2D eigenvalue weighted by Gasteiger charge is -2.23. The molecule has 13 heavy (non-hydrogen) atoms. The van der Waals surface area contributed by atoms with Gasteiger partial charge in [0, 0.05) is 13.3 Å². The van der Waals surface area contributed by atoms with Gasteiger partial charge in [-0.05, 0) is 6.42 Å². The highest BCUT2D eigenvalue weighted by atomic mass is 32.2. The predicted octanol–water partition coefficient (Wildman–Crippen LogP) is 0.659. The Labute approximate surface area is 78.0 Å². The van der Waals surface area contributed by atoms with Gasteiger partial charge < -0.3 is 4.52 Å². The predicted molar refractivity (Wildman–Crippen MR) is 48.7 cm³/mol. The molecule has 1 heterocycles. The zero-order valence-electron chi connectivity index (χ0n) is 7.60. The van der Waals surface area contributed by atoms with E-state index in [1.165, 1.54) is 13.3 Å². The summed E-state index contributed by atoms with van der Waals surface area (Å²) in [7, 11) is -6.06. The summed E-state index contributed by atoms with van der Waals surface area (Å²) in [5.41, 5.74) is 0. The lowest BCUT2D eigenvalue weighted by Crippen LogP contribution is -2.31. The van der Waals surface area contributed by atoms with Crippen molar-refractivity contribution < 1.29 is 21.7 Å². The van der Waals surface area contributed by atoms with Crippen LogP contribution in [0.15, 0.2) is 0 Å². The van der Waals surface area contributed by atoms with E-state index in [9.17, 15) is 13.0 Å². The summed E-state index contributed by atoms with van der Waals surface area (Å²) in [6.07, 6.45) is -0.00941. The molecule has 1 aliphatic rings. The number of hydrogen-bond donors (Lipinski definition) is 0. The molecule has 1 aliphatic heterocycles. The Kier molecular flexibility index (Phi) is 3.17. The zero-order chi connectivity index (χ0) is 10.1. The molecule has 0 aromatic carbocycles. The SMILES string of the molecule is CP(C)(=O)OC1CCOS(=O)(=O)C1. The van der Waals surface area contributed by atoms with E-state index in [-0.39, 0.29) is 12.4 Å². The smallest absolute Gasteiger partial charge is 0.269 e. The van der Waals surface area contributed by atoms with Gasteiger partial charge in [-0.2, -0.15) is 8.42 Å². The van der Waals surface area contributed by atoms with Gasteiger partial charge in [0.1, 0.15) is 5.75 Å². The maximum atomic E-state index is 11.2. The van der Waals surface area contributed by atoms with E-state index in [0.29, 0.717) is 6.42 Å². The first-order valence-corrected chi connectivity index (χ1v) is 7.99. The van der Waals surface area contributed by atoms with Gasteiger partial charge in [-0.1, -0.05) is 0 Å². The molecule has 0 saturated carbocycles. The molecule has 1 fully saturated rings. The molecule has 1 rings (SSSR count). The molecular weight excluding hydrogens is 215 g/mol. The summed E-state index contributed by atoms with van der Waals surface area (Å²) in [5, 5.41) is 0. The molecule has 1 unspecified atom stereocenters. The van der Waals surface area contributed by atoms with E-state index in [1.54, 1.807) is 0 Å². The van der Waals surface area contributed by atoms with Crippen LogP contribution >= 0.6 is 7.37 Å². The molecule has 0 aromatic heterocycles. The van der Waals surface area contributed by atoms with E-state index in [0.717, 1.165) is 0 Å². The fourth-order valence-electron chi connectivity index (χ4n) is 1.11. The topological polar surface area (TPSA) is 69.7 Å². The van der Waals surface area contributed by atoms with E-state index in [2.05, 4.69) is 4.18 Å². The Morgan fingerprint density at radius 3 is 2.54 bits per heavy atom. The van der Waals surface area contributed by atoms with Gasteiger partial charge in [-0.3, -0.25) is 8.75 Å². The first kappa shape index (κ1) is 11.2. The highest BCUT2D eigenvalue weighted by Crippen LogP contribution is 2.40. The van der Waals surface area contributed by atoms with Gasteiger partial charge in [0.25, 0.3) is 10.1 Å². The first-order valence-electron chi connectivity index (χ1n) is 3.89. The van der Waals surface area contributed by atoms with Crippen LogP contribution in [0.4, 0.5) is 0 Å². The van der Waals surface area contributed by atoms with E-state index in [4.69, 9.17) is 4.52 Å². The van der Waals surface area contributed by atoms with Crippen LogP contribution in [-0.2, 0) is 23.4 Å². The molecule has 0 N–H and O–H groups in total. The van der Waals surface area contributed by atoms with Crippen LogP contribution in [-0.4, -0.2) is 40.2 Å². The highest BCUT2D eigenvalue weighted by molar-refractivity contribution is 7.86. The maximum Gasteiger partial charge on any atom is 0.269 e. The largest absolute Gasteiger partial charge is 0.324 e. The molecule has 0 amide bonds. The van der Waals surface area contributed by atoms with Crippen LogP contribution in [0.25, 0.3) is 0 Å².